The molecule has 15 heteroatoms. The van der Waals surface area contributed by atoms with Gasteiger partial charge in [0.15, 0.2) is 0 Å². The molecule has 5 heterocycles. The van der Waals surface area contributed by atoms with E-state index >= 15 is 0 Å². The molecular formula is C35H52F3N7O3S2. The van der Waals surface area contributed by atoms with Crippen molar-refractivity contribution in [2.75, 3.05) is 78.5 Å². The summed E-state index contributed by atoms with van der Waals surface area (Å²) in [6, 6.07) is 5.13. The minimum absolute atomic E-state index is 0.151. The SMILES string of the molecule is CN(C)C1CCN(CCSc2cc(-c3nn(CCCN4CCC(N5CCCC5=O)CC4)c4c3CN(S(C)(=O)=O)CC4)ccc2C(F)(F)F)CC1. The predicted octanol–water partition coefficient (Wildman–Crippen LogP) is 4.48. The summed E-state index contributed by atoms with van der Waals surface area (Å²) in [7, 11) is 0.714. The number of fused-ring (bicyclic) bond motifs is 1. The van der Waals surface area contributed by atoms with Crippen molar-refractivity contribution >= 4 is 27.7 Å². The van der Waals surface area contributed by atoms with Crippen molar-refractivity contribution < 1.29 is 26.4 Å². The lowest BCUT2D eigenvalue weighted by molar-refractivity contribution is -0.139. The Morgan fingerprint density at radius 1 is 0.940 bits per heavy atom. The lowest BCUT2D eigenvalue weighted by Crippen LogP contribution is -2.45. The molecule has 3 fully saturated rings. The Bertz CT molecular complexity index is 1600. The van der Waals surface area contributed by atoms with E-state index in [4.69, 9.17) is 5.10 Å². The molecule has 0 atom stereocenters. The second-order valence-corrected chi connectivity index (χ2v) is 17.7. The third-order valence-corrected chi connectivity index (χ3v) is 13.3. The highest BCUT2D eigenvalue weighted by molar-refractivity contribution is 7.99. The number of amides is 1. The summed E-state index contributed by atoms with van der Waals surface area (Å²) in [6.07, 6.45) is 3.75. The Labute approximate surface area is 299 Å². The number of alkyl halides is 3. The minimum atomic E-state index is -4.49. The molecule has 0 bridgehead atoms. The van der Waals surface area contributed by atoms with Crippen LogP contribution in [0.25, 0.3) is 11.3 Å². The van der Waals surface area contributed by atoms with Crippen LogP contribution in [-0.4, -0.2) is 139 Å². The van der Waals surface area contributed by atoms with Gasteiger partial charge in [-0.25, -0.2) is 8.42 Å². The minimum Gasteiger partial charge on any atom is -0.340 e. The zero-order valence-electron chi connectivity index (χ0n) is 29.6. The maximum Gasteiger partial charge on any atom is 0.417 e. The lowest BCUT2D eigenvalue weighted by atomic mass is 10.0. The van der Waals surface area contributed by atoms with Crippen LogP contribution in [0.4, 0.5) is 13.2 Å². The largest absolute Gasteiger partial charge is 0.417 e. The maximum absolute atomic E-state index is 14.2. The average molecular weight is 740 g/mol. The summed E-state index contributed by atoms with van der Waals surface area (Å²) < 4.78 is 71.2. The number of aromatic nitrogens is 2. The van der Waals surface area contributed by atoms with Crippen LogP contribution in [0.15, 0.2) is 23.1 Å². The summed E-state index contributed by atoms with van der Waals surface area (Å²) >= 11 is 1.23. The van der Waals surface area contributed by atoms with E-state index in [0.29, 0.717) is 61.6 Å². The Morgan fingerprint density at radius 2 is 1.64 bits per heavy atom. The molecule has 1 amide bonds. The number of nitrogens with zero attached hydrogens (tertiary/aromatic N) is 7. The van der Waals surface area contributed by atoms with E-state index < -0.39 is 21.8 Å². The van der Waals surface area contributed by atoms with Gasteiger partial charge in [-0.1, -0.05) is 6.07 Å². The topological polar surface area (TPSA) is 85.2 Å². The van der Waals surface area contributed by atoms with Gasteiger partial charge in [0.2, 0.25) is 15.9 Å². The number of hydrogen-bond acceptors (Lipinski definition) is 8. The van der Waals surface area contributed by atoms with Crippen molar-refractivity contribution in [1.82, 2.24) is 33.7 Å². The molecule has 0 saturated carbocycles. The third-order valence-electron chi connectivity index (χ3n) is 11.0. The first-order valence-electron chi connectivity index (χ1n) is 18.1. The van der Waals surface area contributed by atoms with Crippen LogP contribution in [0.1, 0.15) is 61.8 Å². The van der Waals surface area contributed by atoms with Gasteiger partial charge < -0.3 is 19.6 Å². The molecule has 0 unspecified atom stereocenters. The summed E-state index contributed by atoms with van der Waals surface area (Å²) in [6.45, 7) is 7.38. The fourth-order valence-electron chi connectivity index (χ4n) is 8.09. The molecule has 0 radical (unpaired) electrons. The van der Waals surface area contributed by atoms with Crippen LogP contribution in [0.2, 0.25) is 0 Å². The van der Waals surface area contributed by atoms with E-state index in [-0.39, 0.29) is 17.3 Å². The first kappa shape index (κ1) is 37.6. The molecule has 1 aromatic carbocycles. The van der Waals surface area contributed by atoms with Crippen molar-refractivity contribution in [3.05, 3.63) is 35.0 Å². The molecular weight excluding hydrogens is 688 g/mol. The summed E-state index contributed by atoms with van der Waals surface area (Å²) in [4.78, 5) is 21.5. The van der Waals surface area contributed by atoms with Crippen LogP contribution in [0.3, 0.4) is 0 Å². The smallest absolute Gasteiger partial charge is 0.340 e. The zero-order valence-corrected chi connectivity index (χ0v) is 31.3. The summed E-state index contributed by atoms with van der Waals surface area (Å²) in [5, 5.41) is 4.97. The van der Waals surface area contributed by atoms with Crippen molar-refractivity contribution in [3.63, 3.8) is 0 Å². The van der Waals surface area contributed by atoms with E-state index in [1.807, 2.05) is 4.68 Å². The van der Waals surface area contributed by atoms with E-state index in [0.717, 1.165) is 95.1 Å². The van der Waals surface area contributed by atoms with Crippen LogP contribution in [-0.2, 0) is 40.5 Å². The van der Waals surface area contributed by atoms with Gasteiger partial charge in [-0.2, -0.15) is 22.6 Å². The highest BCUT2D eigenvalue weighted by atomic mass is 32.2. The summed E-state index contributed by atoms with van der Waals surface area (Å²) in [5.74, 6) is 0.825. The van der Waals surface area contributed by atoms with Crippen molar-refractivity contribution in [2.45, 2.75) is 87.6 Å². The molecule has 3 saturated heterocycles. The standard InChI is InChI=1S/C35H52F3N7O3S2/c1-40(2)27-9-17-42(18-10-27)22-23-49-32-24-26(7-8-30(32)35(36,37)38)34-29-25-43(50(3,47)48)21-13-31(29)45(39-34)16-5-14-41-19-11-28(12-20-41)44-15-4-6-33(44)46/h7-8,24,27-28H,4-6,9-23,25H2,1-3H3. The first-order chi connectivity index (χ1) is 23.8. The zero-order chi connectivity index (χ0) is 35.6. The highest BCUT2D eigenvalue weighted by Gasteiger charge is 2.35. The second kappa shape index (κ2) is 15.8. The quantitative estimate of drug-likeness (QED) is 0.295. The molecule has 1 aromatic heterocycles. The number of thioether (sulfide) groups is 1. The number of piperidine rings is 2. The van der Waals surface area contributed by atoms with E-state index in [1.165, 1.54) is 28.4 Å². The predicted molar refractivity (Wildman–Crippen MR) is 191 cm³/mol. The molecule has 50 heavy (non-hydrogen) atoms. The molecule has 278 valence electrons. The highest BCUT2D eigenvalue weighted by Crippen LogP contribution is 2.40. The fourth-order valence-corrected chi connectivity index (χ4v) is 9.99. The number of hydrogen-bond donors (Lipinski definition) is 0. The average Bonchev–Trinajstić information content (AvgIpc) is 3.67. The van der Waals surface area contributed by atoms with E-state index in [1.54, 1.807) is 6.07 Å². The molecule has 0 N–H and O–H groups in total. The number of carbonyl (C=O) groups is 1. The Balaban J connectivity index is 1.16. The van der Waals surface area contributed by atoms with Gasteiger partial charge in [0.25, 0.3) is 0 Å². The molecule has 4 aliphatic heterocycles. The van der Waals surface area contributed by atoms with E-state index in [2.05, 4.69) is 33.7 Å². The van der Waals surface area contributed by atoms with Crippen molar-refractivity contribution in [1.29, 1.82) is 0 Å². The summed E-state index contributed by atoms with van der Waals surface area (Å²) in [5.41, 5.74) is 2.22. The number of likely N-dealkylation sites (tertiary alicyclic amines) is 3. The number of rotatable bonds is 12. The van der Waals surface area contributed by atoms with Crippen LogP contribution in [0.5, 0.6) is 0 Å². The van der Waals surface area contributed by atoms with Gasteiger partial charge in [0.1, 0.15) is 0 Å². The van der Waals surface area contributed by atoms with Crippen molar-refractivity contribution in [2.24, 2.45) is 0 Å². The molecule has 10 nitrogen and oxygen atoms in total. The number of aryl methyl sites for hydroxylation is 1. The fraction of sp³-hybridized carbons (Fsp3) is 0.714. The van der Waals surface area contributed by atoms with Gasteiger partial charge in [0, 0.05) is 98.2 Å². The van der Waals surface area contributed by atoms with Crippen molar-refractivity contribution in [3.8, 4) is 11.3 Å². The monoisotopic (exact) mass is 739 g/mol. The molecule has 4 aliphatic rings. The Kier molecular flexibility index (Phi) is 11.9. The number of benzene rings is 1. The van der Waals surface area contributed by atoms with Gasteiger partial charge in [-0.3, -0.25) is 9.48 Å². The number of sulfonamides is 1. The normalized spacial score (nSPS) is 21.1. The third kappa shape index (κ3) is 8.88. The number of carbonyl (C=O) groups excluding carboxylic acids is 1. The molecule has 2 aromatic rings. The number of halogens is 3. The van der Waals surface area contributed by atoms with Gasteiger partial charge in [0.05, 0.1) is 17.5 Å². The van der Waals surface area contributed by atoms with Crippen LogP contribution < -0.4 is 0 Å². The van der Waals surface area contributed by atoms with Crippen LogP contribution in [0, 0.1) is 0 Å². The van der Waals surface area contributed by atoms with Gasteiger partial charge in [-0.15, -0.1) is 11.8 Å². The second-order valence-electron chi connectivity index (χ2n) is 14.6. The maximum atomic E-state index is 14.2. The van der Waals surface area contributed by atoms with E-state index in [9.17, 15) is 26.4 Å². The van der Waals surface area contributed by atoms with Gasteiger partial charge in [-0.05, 0) is 84.4 Å². The van der Waals surface area contributed by atoms with Gasteiger partial charge >= 0.3 is 6.18 Å². The lowest BCUT2D eigenvalue weighted by Gasteiger charge is -2.36. The van der Waals surface area contributed by atoms with Crippen LogP contribution >= 0.6 is 11.8 Å². The molecule has 6 rings (SSSR count). The Morgan fingerprint density at radius 3 is 2.28 bits per heavy atom. The first-order valence-corrected chi connectivity index (χ1v) is 20.9. The Hall–Kier alpha value is -2.17. The molecule has 0 aliphatic carbocycles. The molecule has 0 spiro atoms.